The zero-order valence-corrected chi connectivity index (χ0v) is 13.5. The first kappa shape index (κ1) is 15.1. The van der Waals surface area contributed by atoms with Gasteiger partial charge < -0.3 is 10.2 Å². The lowest BCUT2D eigenvalue weighted by Crippen LogP contribution is -2.31. The van der Waals surface area contributed by atoms with E-state index >= 15 is 0 Å². The molecule has 1 aromatic rings. The number of anilines is 1. The number of nitrogens with one attached hydrogen (secondary N) is 1. The first-order valence-corrected chi connectivity index (χ1v) is 8.93. The summed E-state index contributed by atoms with van der Waals surface area (Å²) >= 11 is 3.50. The minimum atomic E-state index is 0.778. The summed E-state index contributed by atoms with van der Waals surface area (Å²) in [6.07, 6.45) is 8.19. The van der Waals surface area contributed by atoms with Gasteiger partial charge in [-0.3, -0.25) is 0 Å². The van der Waals surface area contributed by atoms with E-state index in [2.05, 4.69) is 15.5 Å². The van der Waals surface area contributed by atoms with Crippen molar-refractivity contribution in [1.82, 2.24) is 15.5 Å². The van der Waals surface area contributed by atoms with Crippen molar-refractivity contribution < 1.29 is 0 Å². The number of thioether (sulfide) groups is 1. The molecule has 1 heterocycles. The Morgan fingerprint density at radius 2 is 2.05 bits per heavy atom. The maximum Gasteiger partial charge on any atom is 0.208 e. The van der Waals surface area contributed by atoms with E-state index in [1.54, 1.807) is 11.3 Å². The molecule has 1 saturated carbocycles. The summed E-state index contributed by atoms with van der Waals surface area (Å²) in [5.41, 5.74) is 0. The highest BCUT2D eigenvalue weighted by molar-refractivity contribution is 8.01. The minimum absolute atomic E-state index is 0.778. The maximum atomic E-state index is 4.19. The smallest absolute Gasteiger partial charge is 0.208 e. The molecule has 0 saturated heterocycles. The van der Waals surface area contributed by atoms with E-state index in [-0.39, 0.29) is 0 Å². The Morgan fingerprint density at radius 1 is 1.26 bits per heavy atom. The molecule has 0 atom stereocenters. The number of aromatic nitrogens is 2. The highest BCUT2D eigenvalue weighted by Crippen LogP contribution is 2.27. The standard InChI is InChI=1S/C13H24N4S2/c1-17(2)12-15-16-13(19-12)18-10-6-9-14-11-7-4-3-5-8-11/h11,14H,3-10H2,1-2H3. The normalized spacial score (nSPS) is 16.7. The molecule has 108 valence electrons. The van der Waals surface area contributed by atoms with Crippen molar-refractivity contribution in [1.29, 1.82) is 0 Å². The van der Waals surface area contributed by atoms with Gasteiger partial charge in [0.25, 0.3) is 0 Å². The molecular formula is C13H24N4S2. The van der Waals surface area contributed by atoms with Gasteiger partial charge in [-0.1, -0.05) is 42.4 Å². The third-order valence-electron chi connectivity index (χ3n) is 3.36. The molecule has 19 heavy (non-hydrogen) atoms. The summed E-state index contributed by atoms with van der Waals surface area (Å²) in [7, 11) is 4.01. The highest BCUT2D eigenvalue weighted by Gasteiger charge is 2.12. The van der Waals surface area contributed by atoms with Gasteiger partial charge in [0.2, 0.25) is 5.13 Å². The van der Waals surface area contributed by atoms with Crippen LogP contribution in [0.15, 0.2) is 4.34 Å². The van der Waals surface area contributed by atoms with E-state index in [1.807, 2.05) is 30.8 Å². The molecule has 2 rings (SSSR count). The van der Waals surface area contributed by atoms with E-state index in [9.17, 15) is 0 Å². The molecule has 0 bridgehead atoms. The van der Waals surface area contributed by atoms with E-state index < -0.39 is 0 Å². The number of nitrogens with zero attached hydrogens (tertiary/aromatic N) is 3. The Hall–Kier alpha value is -0.330. The predicted molar refractivity (Wildman–Crippen MR) is 84.5 cm³/mol. The number of hydrogen-bond acceptors (Lipinski definition) is 6. The second-order valence-electron chi connectivity index (χ2n) is 5.24. The van der Waals surface area contributed by atoms with Gasteiger partial charge in [-0.15, -0.1) is 10.2 Å². The Balaban J connectivity index is 1.55. The SMILES string of the molecule is CN(C)c1nnc(SCCCNC2CCCCC2)s1. The molecule has 1 N–H and O–H groups in total. The van der Waals surface area contributed by atoms with Crippen LogP contribution < -0.4 is 10.2 Å². The van der Waals surface area contributed by atoms with E-state index in [0.29, 0.717) is 0 Å². The van der Waals surface area contributed by atoms with Crippen molar-refractivity contribution in [2.75, 3.05) is 31.3 Å². The minimum Gasteiger partial charge on any atom is -0.353 e. The summed E-state index contributed by atoms with van der Waals surface area (Å²) < 4.78 is 1.08. The van der Waals surface area contributed by atoms with Gasteiger partial charge in [-0.2, -0.15) is 0 Å². The topological polar surface area (TPSA) is 41.1 Å². The molecule has 1 aliphatic rings. The van der Waals surface area contributed by atoms with Crippen molar-refractivity contribution in [2.24, 2.45) is 0 Å². The van der Waals surface area contributed by atoms with E-state index in [4.69, 9.17) is 0 Å². The van der Waals surface area contributed by atoms with Crippen LogP contribution in [0.25, 0.3) is 0 Å². The summed E-state index contributed by atoms with van der Waals surface area (Å²) in [4.78, 5) is 2.01. The summed E-state index contributed by atoms with van der Waals surface area (Å²) in [5.74, 6) is 1.13. The van der Waals surface area contributed by atoms with Crippen LogP contribution in [0.1, 0.15) is 38.5 Å². The predicted octanol–water partition coefficient (Wildman–Crippen LogP) is 3.01. The Morgan fingerprint density at radius 3 is 2.74 bits per heavy atom. The Labute approximate surface area is 124 Å². The molecule has 0 radical (unpaired) electrons. The van der Waals surface area contributed by atoms with Crippen LogP contribution in [-0.2, 0) is 0 Å². The molecule has 0 aliphatic heterocycles. The Bertz CT molecular complexity index is 361. The zero-order chi connectivity index (χ0) is 13.5. The third kappa shape index (κ3) is 5.28. The lowest BCUT2D eigenvalue weighted by molar-refractivity contribution is 0.375. The first-order valence-electron chi connectivity index (χ1n) is 7.13. The molecule has 6 heteroatoms. The fourth-order valence-corrected chi connectivity index (χ4v) is 4.06. The van der Waals surface area contributed by atoms with Gasteiger partial charge in [0, 0.05) is 25.9 Å². The van der Waals surface area contributed by atoms with Crippen molar-refractivity contribution in [3.63, 3.8) is 0 Å². The summed E-state index contributed by atoms with van der Waals surface area (Å²) in [6, 6.07) is 0.778. The fourth-order valence-electron chi connectivity index (χ4n) is 2.29. The largest absolute Gasteiger partial charge is 0.353 e. The van der Waals surface area contributed by atoms with E-state index in [0.717, 1.165) is 27.8 Å². The highest BCUT2D eigenvalue weighted by atomic mass is 32.2. The van der Waals surface area contributed by atoms with Crippen LogP contribution in [0.2, 0.25) is 0 Å². The van der Waals surface area contributed by atoms with Crippen molar-refractivity contribution in [2.45, 2.75) is 48.9 Å². The average Bonchev–Trinajstić information content (AvgIpc) is 2.89. The van der Waals surface area contributed by atoms with Gasteiger partial charge >= 0.3 is 0 Å². The molecule has 0 amide bonds. The van der Waals surface area contributed by atoms with Crippen molar-refractivity contribution in [3.8, 4) is 0 Å². The van der Waals surface area contributed by atoms with Gasteiger partial charge in [0.1, 0.15) is 0 Å². The molecule has 0 aromatic carbocycles. The van der Waals surface area contributed by atoms with Crippen LogP contribution in [0.4, 0.5) is 5.13 Å². The van der Waals surface area contributed by atoms with Gasteiger partial charge in [-0.05, 0) is 25.8 Å². The average molecular weight is 300 g/mol. The Kier molecular flexibility index (Phi) is 6.40. The molecule has 4 nitrogen and oxygen atoms in total. The summed E-state index contributed by atoms with van der Waals surface area (Å²) in [6.45, 7) is 1.14. The van der Waals surface area contributed by atoms with Crippen LogP contribution in [0, 0.1) is 0 Å². The quantitative estimate of drug-likeness (QED) is 0.619. The van der Waals surface area contributed by atoms with Crippen LogP contribution >= 0.6 is 23.1 Å². The van der Waals surface area contributed by atoms with Crippen molar-refractivity contribution >= 4 is 28.2 Å². The third-order valence-corrected chi connectivity index (χ3v) is 5.67. The fraction of sp³-hybridized carbons (Fsp3) is 0.846. The summed E-state index contributed by atoms with van der Waals surface area (Å²) in [5, 5.41) is 13.0. The second-order valence-corrected chi connectivity index (χ2v) is 7.53. The lowest BCUT2D eigenvalue weighted by Gasteiger charge is -2.22. The molecule has 0 spiro atoms. The van der Waals surface area contributed by atoms with E-state index in [1.165, 1.54) is 38.5 Å². The second kappa shape index (κ2) is 8.07. The zero-order valence-electron chi connectivity index (χ0n) is 11.9. The first-order chi connectivity index (χ1) is 9.25. The van der Waals surface area contributed by atoms with Crippen LogP contribution in [0.3, 0.4) is 0 Å². The monoisotopic (exact) mass is 300 g/mol. The van der Waals surface area contributed by atoms with Crippen LogP contribution in [0.5, 0.6) is 0 Å². The molecule has 1 aromatic heterocycles. The lowest BCUT2D eigenvalue weighted by atomic mass is 9.95. The molecule has 1 fully saturated rings. The van der Waals surface area contributed by atoms with Gasteiger partial charge in [-0.25, -0.2) is 0 Å². The van der Waals surface area contributed by atoms with Crippen molar-refractivity contribution in [3.05, 3.63) is 0 Å². The number of rotatable bonds is 7. The number of hydrogen-bond donors (Lipinski definition) is 1. The van der Waals surface area contributed by atoms with Gasteiger partial charge in [0.15, 0.2) is 4.34 Å². The maximum absolute atomic E-state index is 4.19. The van der Waals surface area contributed by atoms with Crippen LogP contribution in [-0.4, -0.2) is 42.6 Å². The molecular weight excluding hydrogens is 276 g/mol. The van der Waals surface area contributed by atoms with Gasteiger partial charge in [0.05, 0.1) is 0 Å². The molecule has 1 aliphatic carbocycles. The molecule has 0 unspecified atom stereocenters.